The lowest BCUT2D eigenvalue weighted by Gasteiger charge is -2.22. The average Bonchev–Trinajstić information content (AvgIpc) is 3.04. The van der Waals surface area contributed by atoms with Gasteiger partial charge in [-0.25, -0.2) is 4.79 Å². The minimum atomic E-state index is -0.945. The van der Waals surface area contributed by atoms with Crippen molar-refractivity contribution in [3.63, 3.8) is 0 Å². The van der Waals surface area contributed by atoms with E-state index in [2.05, 4.69) is 10.2 Å². The largest absolute Gasteiger partial charge is 0.450 e. The van der Waals surface area contributed by atoms with Gasteiger partial charge in [0, 0.05) is 24.5 Å². The van der Waals surface area contributed by atoms with Gasteiger partial charge in [0.05, 0.1) is 6.07 Å². The monoisotopic (exact) mass is 387 g/mol. The first-order valence-corrected chi connectivity index (χ1v) is 9.09. The molecule has 1 fully saturated rings. The van der Waals surface area contributed by atoms with Crippen molar-refractivity contribution >= 4 is 29.1 Å². The summed E-state index contributed by atoms with van der Waals surface area (Å²) in [6, 6.07) is 9.68. The number of furan rings is 1. The molecule has 2 aromatic rings. The highest BCUT2D eigenvalue weighted by molar-refractivity contribution is 5.94. The van der Waals surface area contributed by atoms with Crippen molar-refractivity contribution < 1.29 is 23.7 Å². The summed E-state index contributed by atoms with van der Waals surface area (Å²) in [5.74, 6) is -2.36. The van der Waals surface area contributed by atoms with E-state index in [1.807, 2.05) is 12.1 Å². The van der Waals surface area contributed by atoms with Gasteiger partial charge in [0.25, 0.3) is 5.91 Å². The molecule has 2 heterocycles. The molecule has 1 N–H and O–H groups in total. The first-order valence-electron chi connectivity index (χ1n) is 9.09. The minimum Gasteiger partial charge on any atom is -0.450 e. The Morgan fingerprint density at radius 2 is 1.75 bits per heavy atom. The second-order valence-corrected chi connectivity index (χ2v) is 6.47. The van der Waals surface area contributed by atoms with Gasteiger partial charge in [-0.05, 0) is 43.2 Å². The van der Waals surface area contributed by atoms with Gasteiger partial charge in [0.2, 0.25) is 5.76 Å². The molecule has 1 aliphatic rings. The summed E-state index contributed by atoms with van der Waals surface area (Å²) in [7, 11) is 0. The van der Waals surface area contributed by atoms with Crippen molar-refractivity contribution in [2.75, 3.05) is 29.9 Å². The fourth-order valence-electron chi connectivity index (χ4n) is 3.02. The van der Waals surface area contributed by atoms with Crippen molar-refractivity contribution in [2.45, 2.75) is 25.7 Å². The zero-order valence-corrected chi connectivity index (χ0v) is 15.3. The summed E-state index contributed by atoms with van der Waals surface area (Å²) in [5, 5.41) is 13.2. The number of nitrogens with one attached hydrogen (secondary N) is 1. The Kier molecular flexibility index (Phi) is 6.25. The van der Waals surface area contributed by atoms with Gasteiger partial charge in [-0.2, -0.15) is 0 Å². The van der Waals surface area contributed by atoms with Gasteiger partial charge in [-0.15, -0.1) is 0 Å². The van der Waals surface area contributed by atoms with Crippen molar-refractivity contribution in [1.82, 2.24) is 0 Å². The Bertz CT molecular complexity index is 838. The molecular weight excluding hydrogens is 366 g/mol. The van der Waals surface area contributed by atoms with E-state index < -0.39 is 29.3 Å². The van der Waals surface area contributed by atoms with Gasteiger partial charge in [0.1, 0.15) is 4.92 Å². The van der Waals surface area contributed by atoms with E-state index in [4.69, 9.17) is 9.15 Å². The number of hydrogen-bond donors (Lipinski definition) is 1. The third-order valence-electron chi connectivity index (χ3n) is 4.43. The van der Waals surface area contributed by atoms with E-state index >= 15 is 0 Å². The van der Waals surface area contributed by atoms with Gasteiger partial charge in [-0.3, -0.25) is 14.9 Å². The number of nitrogens with zero attached hydrogens (tertiary/aromatic N) is 2. The molecule has 0 aliphatic carbocycles. The van der Waals surface area contributed by atoms with Gasteiger partial charge < -0.3 is 19.4 Å². The Hall–Kier alpha value is -3.36. The molecule has 3 rings (SSSR count). The number of rotatable bonds is 6. The molecule has 0 spiro atoms. The van der Waals surface area contributed by atoms with Gasteiger partial charge in [-0.1, -0.05) is 12.8 Å². The zero-order valence-electron chi connectivity index (χ0n) is 15.3. The van der Waals surface area contributed by atoms with Crippen molar-refractivity contribution in [2.24, 2.45) is 0 Å². The second kappa shape index (κ2) is 9.03. The number of esters is 1. The molecule has 1 aliphatic heterocycles. The Morgan fingerprint density at radius 3 is 2.36 bits per heavy atom. The summed E-state index contributed by atoms with van der Waals surface area (Å²) >= 11 is 0. The first-order chi connectivity index (χ1) is 13.5. The Morgan fingerprint density at radius 1 is 1.07 bits per heavy atom. The molecule has 148 valence electrons. The van der Waals surface area contributed by atoms with Crippen LogP contribution < -0.4 is 10.2 Å². The molecule has 0 atom stereocenters. The summed E-state index contributed by atoms with van der Waals surface area (Å²) in [5.41, 5.74) is 1.71. The highest BCUT2D eigenvalue weighted by Crippen LogP contribution is 2.21. The number of carbonyl (C=O) groups is 2. The number of benzene rings is 1. The standard InChI is InChI=1S/C19H21N3O6/c23-17(13-27-19(24)16-9-10-18(28-16)22(25)26)20-14-5-7-15(8-6-14)21-11-3-1-2-4-12-21/h5-10H,1-4,11-13H2,(H,20,23). The summed E-state index contributed by atoms with van der Waals surface area (Å²) < 4.78 is 9.54. The Labute approximate surface area is 161 Å². The predicted molar refractivity (Wildman–Crippen MR) is 101 cm³/mol. The second-order valence-electron chi connectivity index (χ2n) is 6.47. The molecule has 1 aromatic carbocycles. The number of nitro groups is 1. The first kappa shape index (κ1) is 19.4. The third kappa shape index (κ3) is 5.09. The topological polar surface area (TPSA) is 115 Å². The molecule has 0 radical (unpaired) electrons. The summed E-state index contributed by atoms with van der Waals surface area (Å²) in [4.78, 5) is 35.8. The highest BCUT2D eigenvalue weighted by Gasteiger charge is 2.19. The molecule has 28 heavy (non-hydrogen) atoms. The maximum atomic E-state index is 12.0. The van der Waals surface area contributed by atoms with Crippen LogP contribution in [0.5, 0.6) is 0 Å². The quantitative estimate of drug-likeness (QED) is 0.459. The van der Waals surface area contributed by atoms with Crippen LogP contribution in [0.15, 0.2) is 40.8 Å². The molecular formula is C19H21N3O6. The lowest BCUT2D eigenvalue weighted by molar-refractivity contribution is -0.402. The third-order valence-corrected chi connectivity index (χ3v) is 4.43. The maximum Gasteiger partial charge on any atom is 0.433 e. The lowest BCUT2D eigenvalue weighted by atomic mass is 10.2. The smallest absolute Gasteiger partial charge is 0.433 e. The van der Waals surface area contributed by atoms with Crippen LogP contribution in [0.25, 0.3) is 0 Å². The van der Waals surface area contributed by atoms with Crippen LogP contribution in [-0.4, -0.2) is 36.5 Å². The fraction of sp³-hybridized carbons (Fsp3) is 0.368. The molecule has 1 amide bonds. The molecule has 0 unspecified atom stereocenters. The lowest BCUT2D eigenvalue weighted by Crippen LogP contribution is -2.24. The van der Waals surface area contributed by atoms with Gasteiger partial charge >= 0.3 is 11.9 Å². The molecule has 0 saturated carbocycles. The summed E-state index contributed by atoms with van der Waals surface area (Å²) in [6.45, 7) is 1.54. The van der Waals surface area contributed by atoms with Crippen LogP contribution in [0.1, 0.15) is 36.2 Å². The van der Waals surface area contributed by atoms with Crippen molar-refractivity contribution in [3.05, 3.63) is 52.3 Å². The molecule has 9 nitrogen and oxygen atoms in total. The van der Waals surface area contributed by atoms with E-state index in [1.165, 1.54) is 25.7 Å². The predicted octanol–water partition coefficient (Wildman–Crippen LogP) is 3.36. The van der Waals surface area contributed by atoms with Crippen LogP contribution in [0.2, 0.25) is 0 Å². The van der Waals surface area contributed by atoms with Crippen LogP contribution >= 0.6 is 0 Å². The van der Waals surface area contributed by atoms with Crippen molar-refractivity contribution in [3.8, 4) is 0 Å². The van der Waals surface area contributed by atoms with Crippen LogP contribution in [0.3, 0.4) is 0 Å². The Balaban J connectivity index is 1.48. The van der Waals surface area contributed by atoms with E-state index in [-0.39, 0.29) is 5.76 Å². The molecule has 9 heteroatoms. The molecule has 0 bridgehead atoms. The number of amides is 1. The SMILES string of the molecule is O=C(COC(=O)c1ccc([N+](=O)[O-])o1)Nc1ccc(N2CCCCCC2)cc1. The maximum absolute atomic E-state index is 12.0. The minimum absolute atomic E-state index is 0.332. The van der Waals surface area contributed by atoms with E-state index in [0.717, 1.165) is 30.9 Å². The highest BCUT2D eigenvalue weighted by atomic mass is 16.7. The number of carbonyl (C=O) groups excluding carboxylic acids is 2. The van der Waals surface area contributed by atoms with Crippen molar-refractivity contribution in [1.29, 1.82) is 0 Å². The number of anilines is 2. The molecule has 1 saturated heterocycles. The van der Waals surface area contributed by atoms with E-state index in [1.54, 1.807) is 12.1 Å². The number of hydrogen-bond acceptors (Lipinski definition) is 7. The average molecular weight is 387 g/mol. The summed E-state index contributed by atoms with van der Waals surface area (Å²) in [6.07, 6.45) is 4.88. The zero-order chi connectivity index (χ0) is 19.9. The van der Waals surface area contributed by atoms with E-state index in [0.29, 0.717) is 5.69 Å². The normalized spacial score (nSPS) is 14.2. The molecule has 1 aromatic heterocycles. The van der Waals surface area contributed by atoms with Crippen LogP contribution in [-0.2, 0) is 9.53 Å². The van der Waals surface area contributed by atoms with Crippen LogP contribution in [0, 0.1) is 10.1 Å². The van der Waals surface area contributed by atoms with Crippen LogP contribution in [0.4, 0.5) is 17.3 Å². The fourth-order valence-corrected chi connectivity index (χ4v) is 3.02. The van der Waals surface area contributed by atoms with E-state index in [9.17, 15) is 19.7 Å². The number of ether oxygens (including phenoxy) is 1. The van der Waals surface area contributed by atoms with Gasteiger partial charge in [0.15, 0.2) is 6.61 Å².